The number of carbonyl (C=O) groups excluding carboxylic acids is 3. The summed E-state index contributed by atoms with van der Waals surface area (Å²) in [6, 6.07) is -0.585. The number of amides is 1. The van der Waals surface area contributed by atoms with E-state index in [1.54, 1.807) is 6.08 Å². The van der Waals surface area contributed by atoms with Gasteiger partial charge >= 0.3 is 5.91 Å². The van der Waals surface area contributed by atoms with Gasteiger partial charge in [0.2, 0.25) is 5.78 Å². The topological polar surface area (TPSA) is 66.5 Å². The van der Waals surface area contributed by atoms with Gasteiger partial charge in [-0.15, -0.1) is 0 Å². The number of hydrogen-bond acceptors (Lipinski definition) is 4. The zero-order valence-electron chi connectivity index (χ0n) is 8.47. The van der Waals surface area contributed by atoms with E-state index in [2.05, 4.69) is 5.32 Å². The number of carbonyl (C=O) groups is 3. The molecular formula is C11H10N2O3. The summed E-state index contributed by atoms with van der Waals surface area (Å²) in [6.45, 7) is 0.367. The van der Waals surface area contributed by atoms with Crippen LogP contribution in [0.1, 0.15) is 6.42 Å². The van der Waals surface area contributed by atoms with Crippen molar-refractivity contribution in [1.82, 2.24) is 10.2 Å². The fourth-order valence-electron chi connectivity index (χ4n) is 2.41. The monoisotopic (exact) mass is 218 g/mol. The Kier molecular flexibility index (Phi) is 1.85. The molecule has 0 bridgehead atoms. The van der Waals surface area contributed by atoms with E-state index < -0.39 is 23.5 Å². The van der Waals surface area contributed by atoms with Crippen molar-refractivity contribution in [3.63, 3.8) is 0 Å². The van der Waals surface area contributed by atoms with Gasteiger partial charge < -0.3 is 5.32 Å². The Balaban J connectivity index is 2.06. The van der Waals surface area contributed by atoms with Gasteiger partial charge in [-0.2, -0.15) is 0 Å². The molecule has 2 saturated heterocycles. The lowest BCUT2D eigenvalue weighted by molar-refractivity contribution is -0.142. The molecule has 16 heavy (non-hydrogen) atoms. The summed E-state index contributed by atoms with van der Waals surface area (Å²) in [5, 5.41) is 3.18. The Morgan fingerprint density at radius 1 is 1.31 bits per heavy atom. The number of allylic oxidation sites excluding steroid dienone is 2. The summed E-state index contributed by atoms with van der Waals surface area (Å²) < 4.78 is 0. The molecule has 82 valence electrons. The van der Waals surface area contributed by atoms with E-state index >= 15 is 0 Å². The van der Waals surface area contributed by atoms with Crippen LogP contribution in [0.15, 0.2) is 23.9 Å². The van der Waals surface area contributed by atoms with E-state index in [0.29, 0.717) is 6.54 Å². The highest BCUT2D eigenvalue weighted by Gasteiger charge is 2.51. The second kappa shape index (κ2) is 3.12. The zero-order valence-corrected chi connectivity index (χ0v) is 8.47. The fourth-order valence-corrected chi connectivity index (χ4v) is 2.41. The van der Waals surface area contributed by atoms with Crippen molar-refractivity contribution in [1.29, 1.82) is 0 Å². The molecular weight excluding hydrogens is 208 g/mol. The predicted octanol–water partition coefficient (Wildman–Crippen LogP) is -0.849. The summed E-state index contributed by atoms with van der Waals surface area (Å²) in [5.74, 6) is -2.16. The predicted molar refractivity (Wildman–Crippen MR) is 54.3 cm³/mol. The van der Waals surface area contributed by atoms with E-state index in [4.69, 9.17) is 0 Å². The van der Waals surface area contributed by atoms with E-state index in [-0.39, 0.29) is 6.04 Å². The third kappa shape index (κ3) is 1.06. The minimum Gasteiger partial charge on any atom is -0.306 e. The van der Waals surface area contributed by atoms with E-state index in [1.807, 2.05) is 12.2 Å². The Bertz CT molecular complexity index is 464. The lowest BCUT2D eigenvalue weighted by Crippen LogP contribution is -2.55. The molecule has 0 saturated carbocycles. The average molecular weight is 218 g/mol. The molecule has 0 radical (unpaired) electrons. The van der Waals surface area contributed by atoms with Crippen molar-refractivity contribution in [3.05, 3.63) is 23.9 Å². The highest BCUT2D eigenvalue weighted by Crippen LogP contribution is 2.28. The van der Waals surface area contributed by atoms with E-state index in [9.17, 15) is 14.4 Å². The number of fused-ring (bicyclic) bond motifs is 3. The molecule has 1 N–H and O–H groups in total. The van der Waals surface area contributed by atoms with Gasteiger partial charge in [-0.05, 0) is 12.5 Å². The minimum absolute atomic E-state index is 0.0453. The maximum absolute atomic E-state index is 11.7. The van der Waals surface area contributed by atoms with Crippen LogP contribution in [-0.2, 0) is 14.4 Å². The SMILES string of the molecule is O=C1C(=O)C2CNC3CC=CC=C3N2C1=O. The van der Waals surface area contributed by atoms with E-state index in [0.717, 1.165) is 12.1 Å². The first-order valence-corrected chi connectivity index (χ1v) is 5.22. The Morgan fingerprint density at radius 2 is 2.12 bits per heavy atom. The standard InChI is InChI=1S/C11H10N2O3/c14-9-8-5-12-6-3-1-2-4-7(6)13(8)11(16)10(9)15/h1-2,4,6,8,12H,3,5H2. The highest BCUT2D eigenvalue weighted by molar-refractivity contribution is 6.67. The number of ketones is 2. The molecule has 1 aliphatic carbocycles. The van der Waals surface area contributed by atoms with Crippen molar-refractivity contribution in [3.8, 4) is 0 Å². The van der Waals surface area contributed by atoms with Crippen LogP contribution in [0.4, 0.5) is 0 Å². The van der Waals surface area contributed by atoms with Crippen LogP contribution in [0, 0.1) is 0 Å². The van der Waals surface area contributed by atoms with Crippen molar-refractivity contribution in [2.45, 2.75) is 18.5 Å². The molecule has 2 heterocycles. The summed E-state index contributed by atoms with van der Waals surface area (Å²) in [6.07, 6.45) is 6.41. The van der Waals surface area contributed by atoms with Crippen LogP contribution in [0.3, 0.4) is 0 Å². The van der Waals surface area contributed by atoms with Crippen molar-refractivity contribution in [2.24, 2.45) is 0 Å². The third-order valence-corrected chi connectivity index (χ3v) is 3.22. The number of nitrogens with zero attached hydrogens (tertiary/aromatic N) is 1. The van der Waals surface area contributed by atoms with Gasteiger partial charge in [-0.1, -0.05) is 12.2 Å². The molecule has 2 aliphatic heterocycles. The molecule has 0 aromatic heterocycles. The molecule has 5 heteroatoms. The number of nitrogens with one attached hydrogen (secondary N) is 1. The van der Waals surface area contributed by atoms with Crippen molar-refractivity contribution >= 4 is 17.5 Å². The molecule has 2 fully saturated rings. The number of hydrogen-bond donors (Lipinski definition) is 1. The maximum Gasteiger partial charge on any atom is 0.303 e. The second-order valence-electron chi connectivity index (χ2n) is 4.10. The minimum atomic E-state index is -0.886. The molecule has 5 nitrogen and oxygen atoms in total. The van der Waals surface area contributed by atoms with Crippen molar-refractivity contribution in [2.75, 3.05) is 6.54 Å². The molecule has 3 aliphatic rings. The smallest absolute Gasteiger partial charge is 0.303 e. The van der Waals surface area contributed by atoms with Gasteiger partial charge in [0.25, 0.3) is 5.78 Å². The number of piperazine rings is 1. The second-order valence-corrected chi connectivity index (χ2v) is 4.10. The zero-order chi connectivity index (χ0) is 11.3. The van der Waals surface area contributed by atoms with Gasteiger partial charge in [0.15, 0.2) is 0 Å². The highest BCUT2D eigenvalue weighted by atomic mass is 16.2. The fraction of sp³-hybridized carbons (Fsp3) is 0.364. The lowest BCUT2D eigenvalue weighted by Gasteiger charge is -2.37. The van der Waals surface area contributed by atoms with Gasteiger partial charge in [-0.3, -0.25) is 19.3 Å². The van der Waals surface area contributed by atoms with Crippen LogP contribution in [0.2, 0.25) is 0 Å². The Morgan fingerprint density at radius 3 is 2.94 bits per heavy atom. The largest absolute Gasteiger partial charge is 0.306 e. The number of rotatable bonds is 0. The molecule has 0 aromatic rings. The van der Waals surface area contributed by atoms with Crippen LogP contribution in [-0.4, -0.2) is 41.0 Å². The Labute approximate surface area is 91.8 Å². The van der Waals surface area contributed by atoms with Crippen LogP contribution < -0.4 is 5.32 Å². The summed E-state index contributed by atoms with van der Waals surface area (Å²) in [4.78, 5) is 35.9. The molecule has 0 aromatic carbocycles. The van der Waals surface area contributed by atoms with Gasteiger partial charge in [-0.25, -0.2) is 0 Å². The third-order valence-electron chi connectivity index (χ3n) is 3.22. The van der Waals surface area contributed by atoms with Crippen LogP contribution in [0.5, 0.6) is 0 Å². The summed E-state index contributed by atoms with van der Waals surface area (Å²) in [5.41, 5.74) is 0.739. The first kappa shape index (κ1) is 9.47. The quantitative estimate of drug-likeness (QED) is 0.538. The number of Topliss-reactive ketones (excluding diaryl/α,β-unsaturated/α-hetero) is 2. The van der Waals surface area contributed by atoms with Gasteiger partial charge in [0, 0.05) is 12.2 Å². The lowest BCUT2D eigenvalue weighted by atomic mass is 9.99. The average Bonchev–Trinajstić information content (AvgIpc) is 2.55. The maximum atomic E-state index is 11.7. The van der Waals surface area contributed by atoms with Crippen molar-refractivity contribution < 1.29 is 14.4 Å². The van der Waals surface area contributed by atoms with Gasteiger partial charge in [0.1, 0.15) is 6.04 Å². The van der Waals surface area contributed by atoms with Crippen LogP contribution in [0.25, 0.3) is 0 Å². The van der Waals surface area contributed by atoms with E-state index in [1.165, 1.54) is 4.90 Å². The molecule has 2 atom stereocenters. The summed E-state index contributed by atoms with van der Waals surface area (Å²) >= 11 is 0. The normalized spacial score (nSPS) is 32.6. The molecule has 3 rings (SSSR count). The van der Waals surface area contributed by atoms with Gasteiger partial charge in [0.05, 0.1) is 6.04 Å². The Hall–Kier alpha value is -1.75. The molecule has 0 spiro atoms. The van der Waals surface area contributed by atoms with Crippen LogP contribution >= 0.6 is 0 Å². The molecule has 1 amide bonds. The first-order chi connectivity index (χ1) is 7.70. The first-order valence-electron chi connectivity index (χ1n) is 5.22. The molecule has 2 unspecified atom stereocenters. The summed E-state index contributed by atoms with van der Waals surface area (Å²) in [7, 11) is 0.